The molecule has 1 aliphatic heterocycles. The van der Waals surface area contributed by atoms with Gasteiger partial charge in [0, 0.05) is 18.1 Å². The molecule has 1 aliphatic rings. The van der Waals surface area contributed by atoms with Gasteiger partial charge in [-0.25, -0.2) is 0 Å². The summed E-state index contributed by atoms with van der Waals surface area (Å²) in [5.74, 6) is 7.50. The van der Waals surface area contributed by atoms with Gasteiger partial charge in [0.1, 0.15) is 11.9 Å². The quantitative estimate of drug-likeness (QED) is 0.815. The lowest BCUT2D eigenvalue weighted by Crippen LogP contribution is -2.24. The predicted molar refractivity (Wildman–Crippen MR) is 92.7 cm³/mol. The van der Waals surface area contributed by atoms with E-state index in [9.17, 15) is 10.2 Å². The Bertz CT molecular complexity index is 773. The third-order valence-corrected chi connectivity index (χ3v) is 4.07. The van der Waals surface area contributed by atoms with Gasteiger partial charge in [0.25, 0.3) is 0 Å². The molecule has 130 valence electrons. The van der Waals surface area contributed by atoms with Crippen LogP contribution in [0.25, 0.3) is 0 Å². The van der Waals surface area contributed by atoms with Crippen LogP contribution in [-0.4, -0.2) is 36.8 Å². The van der Waals surface area contributed by atoms with E-state index in [0.717, 1.165) is 16.9 Å². The van der Waals surface area contributed by atoms with Gasteiger partial charge in [0.05, 0.1) is 7.11 Å². The largest absolute Gasteiger partial charge is 0.497 e. The van der Waals surface area contributed by atoms with Crippen LogP contribution in [-0.2, 0) is 6.42 Å². The van der Waals surface area contributed by atoms with E-state index in [1.54, 1.807) is 7.11 Å². The molecule has 25 heavy (non-hydrogen) atoms. The maximum absolute atomic E-state index is 10.3. The number of benzene rings is 2. The molecule has 0 saturated carbocycles. The highest BCUT2D eigenvalue weighted by molar-refractivity contribution is 5.44. The Morgan fingerprint density at radius 1 is 1.12 bits per heavy atom. The fourth-order valence-corrected chi connectivity index (χ4v) is 2.60. The molecule has 2 atom stereocenters. The van der Waals surface area contributed by atoms with Gasteiger partial charge in [-0.05, 0) is 48.4 Å². The minimum Gasteiger partial charge on any atom is -0.497 e. The first-order valence-corrected chi connectivity index (χ1v) is 8.02. The Labute approximate surface area is 146 Å². The van der Waals surface area contributed by atoms with Crippen molar-refractivity contribution >= 4 is 0 Å². The van der Waals surface area contributed by atoms with Crippen molar-refractivity contribution < 1.29 is 24.4 Å². The van der Waals surface area contributed by atoms with Crippen molar-refractivity contribution in [3.05, 3.63) is 53.6 Å². The third kappa shape index (κ3) is 4.24. The van der Waals surface area contributed by atoms with Crippen molar-refractivity contribution in [2.75, 3.05) is 20.5 Å². The second-order valence-electron chi connectivity index (χ2n) is 5.78. The zero-order chi connectivity index (χ0) is 17.6. The van der Waals surface area contributed by atoms with E-state index in [2.05, 4.69) is 11.8 Å². The monoisotopic (exact) mass is 340 g/mol. The number of aliphatic hydroxyl groups excluding tert-OH is 2. The highest BCUT2D eigenvalue weighted by Gasteiger charge is 2.19. The summed E-state index contributed by atoms with van der Waals surface area (Å²) in [6, 6.07) is 12.9. The van der Waals surface area contributed by atoms with Crippen LogP contribution in [0.4, 0.5) is 0 Å². The molecule has 0 aliphatic carbocycles. The SMILES string of the molecule is COc1ccc(C#C[C@@H](O)[C@H](CO)Cc2ccc3c(c2)OCO3)cc1. The van der Waals surface area contributed by atoms with Gasteiger partial charge in [-0.15, -0.1) is 0 Å². The lowest BCUT2D eigenvalue weighted by molar-refractivity contribution is 0.107. The van der Waals surface area contributed by atoms with Gasteiger partial charge in [-0.3, -0.25) is 0 Å². The maximum Gasteiger partial charge on any atom is 0.231 e. The maximum atomic E-state index is 10.3. The molecule has 0 amide bonds. The summed E-state index contributed by atoms with van der Waals surface area (Å²) in [5, 5.41) is 19.9. The summed E-state index contributed by atoms with van der Waals surface area (Å²) in [6.07, 6.45) is -0.441. The Balaban J connectivity index is 1.67. The van der Waals surface area contributed by atoms with E-state index in [1.807, 2.05) is 42.5 Å². The van der Waals surface area contributed by atoms with Crippen LogP contribution < -0.4 is 14.2 Å². The summed E-state index contributed by atoms with van der Waals surface area (Å²) in [6.45, 7) is 0.0606. The van der Waals surface area contributed by atoms with E-state index in [0.29, 0.717) is 17.9 Å². The summed E-state index contributed by atoms with van der Waals surface area (Å²) in [4.78, 5) is 0. The molecule has 2 aromatic rings. The Morgan fingerprint density at radius 2 is 1.88 bits per heavy atom. The normalized spacial score (nSPS) is 14.4. The molecule has 0 saturated heterocycles. The van der Waals surface area contributed by atoms with Crippen LogP contribution in [0.15, 0.2) is 42.5 Å². The van der Waals surface area contributed by atoms with Crippen LogP contribution in [0.3, 0.4) is 0 Å². The van der Waals surface area contributed by atoms with Gasteiger partial charge in [0.2, 0.25) is 6.79 Å². The molecule has 0 fully saturated rings. The van der Waals surface area contributed by atoms with Gasteiger partial charge < -0.3 is 24.4 Å². The van der Waals surface area contributed by atoms with E-state index in [1.165, 1.54) is 0 Å². The van der Waals surface area contributed by atoms with Crippen LogP contribution in [0.1, 0.15) is 11.1 Å². The minimum atomic E-state index is -0.933. The molecule has 2 aromatic carbocycles. The first-order valence-electron chi connectivity index (χ1n) is 8.02. The average molecular weight is 340 g/mol. The number of hydrogen-bond donors (Lipinski definition) is 2. The van der Waals surface area contributed by atoms with Crippen molar-refractivity contribution in [2.24, 2.45) is 5.92 Å². The number of hydrogen-bond acceptors (Lipinski definition) is 5. The molecular weight excluding hydrogens is 320 g/mol. The molecule has 1 heterocycles. The number of methoxy groups -OCH3 is 1. The summed E-state index contributed by atoms with van der Waals surface area (Å²) in [7, 11) is 1.60. The second-order valence-corrected chi connectivity index (χ2v) is 5.78. The van der Waals surface area contributed by atoms with Crippen LogP contribution in [0, 0.1) is 17.8 Å². The van der Waals surface area contributed by atoms with E-state index < -0.39 is 6.10 Å². The van der Waals surface area contributed by atoms with E-state index in [-0.39, 0.29) is 19.3 Å². The molecule has 0 spiro atoms. The van der Waals surface area contributed by atoms with Crippen LogP contribution >= 0.6 is 0 Å². The average Bonchev–Trinajstić information content (AvgIpc) is 3.12. The van der Waals surface area contributed by atoms with Gasteiger partial charge in [-0.2, -0.15) is 0 Å². The fraction of sp³-hybridized carbons (Fsp3) is 0.300. The lowest BCUT2D eigenvalue weighted by atomic mass is 9.94. The molecule has 3 rings (SSSR count). The number of aliphatic hydroxyl groups is 2. The van der Waals surface area contributed by atoms with E-state index >= 15 is 0 Å². The first kappa shape index (κ1) is 17.2. The second kappa shape index (κ2) is 7.93. The van der Waals surface area contributed by atoms with E-state index in [4.69, 9.17) is 14.2 Å². The zero-order valence-corrected chi connectivity index (χ0v) is 13.9. The van der Waals surface area contributed by atoms with Crippen molar-refractivity contribution in [3.8, 4) is 29.1 Å². The Kier molecular flexibility index (Phi) is 5.44. The third-order valence-electron chi connectivity index (χ3n) is 4.07. The van der Waals surface area contributed by atoms with Crippen molar-refractivity contribution in [1.29, 1.82) is 0 Å². The molecule has 5 heteroatoms. The summed E-state index contributed by atoms with van der Waals surface area (Å²) >= 11 is 0. The molecule has 0 unspecified atom stereocenters. The van der Waals surface area contributed by atoms with Gasteiger partial charge in [-0.1, -0.05) is 17.9 Å². The van der Waals surface area contributed by atoms with Gasteiger partial charge >= 0.3 is 0 Å². The van der Waals surface area contributed by atoms with Crippen LogP contribution in [0.2, 0.25) is 0 Å². The lowest BCUT2D eigenvalue weighted by Gasteiger charge is -2.16. The molecule has 5 nitrogen and oxygen atoms in total. The smallest absolute Gasteiger partial charge is 0.231 e. The number of ether oxygens (including phenoxy) is 3. The molecular formula is C20H20O5. The molecule has 0 bridgehead atoms. The zero-order valence-electron chi connectivity index (χ0n) is 13.9. The highest BCUT2D eigenvalue weighted by atomic mass is 16.7. The summed E-state index contributed by atoms with van der Waals surface area (Å²) < 4.78 is 15.7. The highest BCUT2D eigenvalue weighted by Crippen LogP contribution is 2.33. The molecule has 0 radical (unpaired) electrons. The Morgan fingerprint density at radius 3 is 2.60 bits per heavy atom. The molecule has 0 aromatic heterocycles. The standard InChI is InChI=1S/C20H20O5/c1-23-17-6-2-14(3-7-17)4-8-18(22)16(12-21)10-15-5-9-19-20(11-15)25-13-24-19/h2-3,5-7,9,11,16,18,21-22H,10,12-13H2,1H3/t16-,18+/m0/s1. The predicted octanol–water partition coefficient (Wildman–Crippen LogP) is 1.99. The van der Waals surface area contributed by atoms with Gasteiger partial charge in [0.15, 0.2) is 11.5 Å². The summed E-state index contributed by atoms with van der Waals surface area (Å²) in [5.41, 5.74) is 1.73. The minimum absolute atomic E-state index is 0.160. The Hall–Kier alpha value is -2.68. The van der Waals surface area contributed by atoms with Crippen molar-refractivity contribution in [1.82, 2.24) is 0 Å². The van der Waals surface area contributed by atoms with Crippen LogP contribution in [0.5, 0.6) is 17.2 Å². The van der Waals surface area contributed by atoms with Crippen molar-refractivity contribution in [2.45, 2.75) is 12.5 Å². The molecule has 2 N–H and O–H groups in total. The fourth-order valence-electron chi connectivity index (χ4n) is 2.60. The number of rotatable bonds is 5. The number of fused-ring (bicyclic) bond motifs is 1. The first-order chi connectivity index (χ1) is 12.2. The topological polar surface area (TPSA) is 68.2 Å². The van der Waals surface area contributed by atoms with Crippen molar-refractivity contribution in [3.63, 3.8) is 0 Å².